The van der Waals surface area contributed by atoms with Crippen molar-refractivity contribution in [3.8, 4) is 16.9 Å². The molecule has 26 heavy (non-hydrogen) atoms. The fraction of sp³-hybridized carbons (Fsp3) is 0.0417. The van der Waals surface area contributed by atoms with Crippen molar-refractivity contribution in [3.05, 3.63) is 102 Å². The molecule has 0 fully saturated rings. The molecule has 0 heterocycles. The maximum absolute atomic E-state index is 11.8. The van der Waals surface area contributed by atoms with Gasteiger partial charge in [-0.25, -0.2) is 0 Å². The summed E-state index contributed by atoms with van der Waals surface area (Å²) >= 11 is 0. The molecule has 0 radical (unpaired) electrons. The zero-order chi connectivity index (χ0) is 17.8. The largest absolute Gasteiger partial charge is 0.488 e. The van der Waals surface area contributed by atoms with E-state index in [1.807, 2.05) is 66.7 Å². The average Bonchev–Trinajstić information content (AvgIpc) is 2.72. The highest BCUT2D eigenvalue weighted by molar-refractivity contribution is 5.94. The van der Waals surface area contributed by atoms with Crippen molar-refractivity contribution in [1.82, 2.24) is 0 Å². The molecule has 0 saturated heterocycles. The van der Waals surface area contributed by atoms with Crippen LogP contribution in [0.5, 0.6) is 5.75 Å². The second-order valence-electron chi connectivity index (χ2n) is 6.17. The zero-order valence-corrected chi connectivity index (χ0v) is 14.3. The Balaban J connectivity index is 1.70. The van der Waals surface area contributed by atoms with Gasteiger partial charge in [0.1, 0.15) is 12.4 Å². The predicted octanol–water partition coefficient (Wildman–Crippen LogP) is 5.90. The normalized spacial score (nSPS) is 10.6. The van der Waals surface area contributed by atoms with Gasteiger partial charge >= 0.3 is 0 Å². The van der Waals surface area contributed by atoms with E-state index in [0.717, 1.165) is 28.4 Å². The van der Waals surface area contributed by atoms with Crippen LogP contribution in [0.4, 0.5) is 0 Å². The number of hydrogen-bond acceptors (Lipinski definition) is 2. The SMILES string of the molecule is O=Cc1c(OCc2ccccc2)cccc1-c1ccc2ccccc2c1. The highest BCUT2D eigenvalue weighted by Gasteiger charge is 2.11. The fourth-order valence-electron chi connectivity index (χ4n) is 3.14. The lowest BCUT2D eigenvalue weighted by molar-refractivity contribution is 0.111. The molecule has 2 nitrogen and oxygen atoms in total. The van der Waals surface area contributed by atoms with Crippen molar-refractivity contribution in [3.63, 3.8) is 0 Å². The molecule has 4 aromatic rings. The molecule has 0 amide bonds. The molecule has 0 N–H and O–H groups in total. The van der Waals surface area contributed by atoms with E-state index in [4.69, 9.17) is 4.74 Å². The van der Waals surface area contributed by atoms with E-state index in [-0.39, 0.29) is 0 Å². The molecule has 4 aromatic carbocycles. The molecule has 2 heteroatoms. The van der Waals surface area contributed by atoms with E-state index in [1.54, 1.807) is 0 Å². The molecule has 0 aliphatic heterocycles. The summed E-state index contributed by atoms with van der Waals surface area (Å²) in [4.78, 5) is 11.8. The lowest BCUT2D eigenvalue weighted by Crippen LogP contribution is -1.99. The third kappa shape index (κ3) is 3.22. The Morgan fingerprint density at radius 1 is 0.731 bits per heavy atom. The Hall–Kier alpha value is -3.39. The van der Waals surface area contributed by atoms with Crippen LogP contribution in [0.15, 0.2) is 91.0 Å². The molecule has 126 valence electrons. The minimum atomic E-state index is 0.433. The van der Waals surface area contributed by atoms with Crippen LogP contribution in [0.2, 0.25) is 0 Å². The van der Waals surface area contributed by atoms with E-state index in [2.05, 4.69) is 24.3 Å². The van der Waals surface area contributed by atoms with E-state index < -0.39 is 0 Å². The molecule has 4 rings (SSSR count). The van der Waals surface area contributed by atoms with Gasteiger partial charge in [0.25, 0.3) is 0 Å². The van der Waals surface area contributed by atoms with Crippen LogP contribution in [0.25, 0.3) is 21.9 Å². The molecular formula is C24H18O2. The van der Waals surface area contributed by atoms with Crippen molar-refractivity contribution < 1.29 is 9.53 Å². The van der Waals surface area contributed by atoms with Crippen LogP contribution in [-0.4, -0.2) is 6.29 Å². The van der Waals surface area contributed by atoms with Gasteiger partial charge in [-0.05, 0) is 39.6 Å². The Labute approximate surface area is 152 Å². The van der Waals surface area contributed by atoms with Crippen LogP contribution in [0.1, 0.15) is 15.9 Å². The van der Waals surface area contributed by atoms with E-state index in [9.17, 15) is 4.79 Å². The summed E-state index contributed by atoms with van der Waals surface area (Å²) in [7, 11) is 0. The summed E-state index contributed by atoms with van der Waals surface area (Å²) < 4.78 is 5.93. The first-order valence-corrected chi connectivity index (χ1v) is 8.59. The molecule has 0 bridgehead atoms. The summed E-state index contributed by atoms with van der Waals surface area (Å²) in [6.45, 7) is 0.433. The average molecular weight is 338 g/mol. The number of benzene rings is 4. The topological polar surface area (TPSA) is 26.3 Å². The molecule has 0 aliphatic rings. The van der Waals surface area contributed by atoms with Crippen molar-refractivity contribution in [1.29, 1.82) is 0 Å². The number of carbonyl (C=O) groups is 1. The minimum Gasteiger partial charge on any atom is -0.488 e. The lowest BCUT2D eigenvalue weighted by atomic mass is 9.97. The van der Waals surface area contributed by atoms with Gasteiger partial charge < -0.3 is 4.74 Å². The predicted molar refractivity (Wildman–Crippen MR) is 106 cm³/mol. The fourth-order valence-corrected chi connectivity index (χ4v) is 3.14. The Kier molecular flexibility index (Phi) is 4.48. The second kappa shape index (κ2) is 7.24. The maximum Gasteiger partial charge on any atom is 0.154 e. The molecule has 0 spiro atoms. The smallest absolute Gasteiger partial charge is 0.154 e. The van der Waals surface area contributed by atoms with Crippen molar-refractivity contribution in [2.75, 3.05) is 0 Å². The summed E-state index contributed by atoms with van der Waals surface area (Å²) in [5.41, 5.74) is 3.55. The first-order chi connectivity index (χ1) is 12.8. The van der Waals surface area contributed by atoms with Crippen molar-refractivity contribution in [2.24, 2.45) is 0 Å². The lowest BCUT2D eigenvalue weighted by Gasteiger charge is -2.13. The zero-order valence-electron chi connectivity index (χ0n) is 14.3. The van der Waals surface area contributed by atoms with Crippen LogP contribution < -0.4 is 4.74 Å². The number of rotatable bonds is 5. The minimum absolute atomic E-state index is 0.433. The van der Waals surface area contributed by atoms with Gasteiger partial charge in [-0.2, -0.15) is 0 Å². The van der Waals surface area contributed by atoms with Crippen LogP contribution in [-0.2, 0) is 6.61 Å². The Morgan fingerprint density at radius 2 is 1.50 bits per heavy atom. The maximum atomic E-state index is 11.8. The second-order valence-corrected chi connectivity index (χ2v) is 6.17. The molecule has 0 aromatic heterocycles. The van der Waals surface area contributed by atoms with Gasteiger partial charge in [0.05, 0.1) is 5.56 Å². The van der Waals surface area contributed by atoms with Gasteiger partial charge in [-0.15, -0.1) is 0 Å². The van der Waals surface area contributed by atoms with Gasteiger partial charge in [-0.1, -0.05) is 78.9 Å². The van der Waals surface area contributed by atoms with Crippen LogP contribution in [0, 0.1) is 0 Å². The summed E-state index contributed by atoms with van der Waals surface area (Å²) in [5.74, 6) is 0.606. The van der Waals surface area contributed by atoms with Gasteiger partial charge in [0.15, 0.2) is 6.29 Å². The van der Waals surface area contributed by atoms with Crippen molar-refractivity contribution >= 4 is 17.1 Å². The molecule has 0 aliphatic carbocycles. The Morgan fingerprint density at radius 3 is 2.31 bits per heavy atom. The van der Waals surface area contributed by atoms with Gasteiger partial charge in [-0.3, -0.25) is 4.79 Å². The number of aldehydes is 1. The summed E-state index contributed by atoms with van der Waals surface area (Å²) in [6, 6.07) is 30.1. The molecule has 0 saturated carbocycles. The summed E-state index contributed by atoms with van der Waals surface area (Å²) in [6.07, 6.45) is 0.880. The van der Waals surface area contributed by atoms with E-state index in [0.29, 0.717) is 17.9 Å². The third-order valence-corrected chi connectivity index (χ3v) is 4.48. The summed E-state index contributed by atoms with van der Waals surface area (Å²) in [5, 5.41) is 2.33. The number of hydrogen-bond donors (Lipinski definition) is 0. The monoisotopic (exact) mass is 338 g/mol. The van der Waals surface area contributed by atoms with Crippen LogP contribution >= 0.6 is 0 Å². The van der Waals surface area contributed by atoms with E-state index in [1.165, 1.54) is 5.39 Å². The first-order valence-electron chi connectivity index (χ1n) is 8.59. The number of fused-ring (bicyclic) bond motifs is 1. The van der Waals surface area contributed by atoms with Crippen molar-refractivity contribution in [2.45, 2.75) is 6.61 Å². The number of ether oxygens (including phenoxy) is 1. The highest BCUT2D eigenvalue weighted by Crippen LogP contribution is 2.31. The Bertz CT molecular complexity index is 1050. The van der Waals surface area contributed by atoms with Gasteiger partial charge in [0.2, 0.25) is 0 Å². The quantitative estimate of drug-likeness (QED) is 0.424. The molecule has 0 atom stereocenters. The van der Waals surface area contributed by atoms with E-state index >= 15 is 0 Å². The third-order valence-electron chi connectivity index (χ3n) is 4.48. The molecular weight excluding hydrogens is 320 g/mol. The number of carbonyl (C=O) groups excluding carboxylic acids is 1. The first kappa shape index (κ1) is 16.1. The molecule has 0 unspecified atom stereocenters. The standard InChI is InChI=1S/C24H18O2/c25-16-23-22(21-14-13-19-9-4-5-10-20(19)15-21)11-6-12-24(23)26-17-18-7-2-1-3-8-18/h1-16H,17H2. The highest BCUT2D eigenvalue weighted by atomic mass is 16.5. The van der Waals surface area contributed by atoms with Gasteiger partial charge in [0, 0.05) is 0 Å². The van der Waals surface area contributed by atoms with Crippen LogP contribution in [0.3, 0.4) is 0 Å².